The highest BCUT2D eigenvalue weighted by Crippen LogP contribution is 2.18. The lowest BCUT2D eigenvalue weighted by atomic mass is 10.1. The molecule has 0 fully saturated rings. The Kier molecular flexibility index (Phi) is 4.85. The molecule has 0 unspecified atom stereocenters. The molecule has 0 saturated carbocycles. The summed E-state index contributed by atoms with van der Waals surface area (Å²) in [5.41, 5.74) is 3.14. The predicted octanol–water partition coefficient (Wildman–Crippen LogP) is 3.89. The van der Waals surface area contributed by atoms with Crippen molar-refractivity contribution in [1.82, 2.24) is 4.98 Å². The number of aromatic nitrogens is 1. The van der Waals surface area contributed by atoms with Crippen LogP contribution in [0.2, 0.25) is 0 Å². The van der Waals surface area contributed by atoms with Gasteiger partial charge in [-0.15, -0.1) is 0 Å². The zero-order chi connectivity index (χ0) is 17.6. The Morgan fingerprint density at radius 1 is 0.800 bits per heavy atom. The highest BCUT2D eigenvalue weighted by molar-refractivity contribution is 6.12. The van der Waals surface area contributed by atoms with Crippen LogP contribution in [0.1, 0.15) is 26.3 Å². The minimum absolute atomic E-state index is 0.283. The first-order chi connectivity index (χ1) is 12.1. The third-order valence-corrected chi connectivity index (χ3v) is 3.67. The summed E-state index contributed by atoms with van der Waals surface area (Å²) < 4.78 is 0. The van der Waals surface area contributed by atoms with Gasteiger partial charge in [0.1, 0.15) is 0 Å². The molecule has 2 amide bonds. The van der Waals surface area contributed by atoms with Crippen LogP contribution in [0.25, 0.3) is 0 Å². The van der Waals surface area contributed by atoms with Crippen molar-refractivity contribution in [2.75, 3.05) is 10.6 Å². The first-order valence-corrected chi connectivity index (χ1v) is 7.82. The molecule has 0 aliphatic heterocycles. The molecule has 0 aliphatic carbocycles. The standard InChI is InChI=1S/C20H17N3O2/c1-14-6-8-16(9-7-14)22-20(25)17-4-2-3-5-18(17)23-19(24)15-10-12-21-13-11-15/h2-13H,1H3,(H,22,25)(H,23,24). The van der Waals surface area contributed by atoms with Crippen molar-refractivity contribution in [3.63, 3.8) is 0 Å². The molecule has 0 bridgehead atoms. The normalized spacial score (nSPS) is 10.1. The van der Waals surface area contributed by atoms with E-state index in [1.165, 1.54) is 0 Å². The smallest absolute Gasteiger partial charge is 0.257 e. The molecule has 25 heavy (non-hydrogen) atoms. The number of hydrogen-bond donors (Lipinski definition) is 2. The third kappa shape index (κ3) is 4.09. The summed E-state index contributed by atoms with van der Waals surface area (Å²) in [7, 11) is 0. The molecule has 5 heteroatoms. The highest BCUT2D eigenvalue weighted by atomic mass is 16.2. The molecular weight excluding hydrogens is 314 g/mol. The van der Waals surface area contributed by atoms with Gasteiger partial charge in [0.25, 0.3) is 11.8 Å². The summed E-state index contributed by atoms with van der Waals surface area (Å²) in [6.45, 7) is 1.98. The number of carbonyl (C=O) groups is 2. The SMILES string of the molecule is Cc1ccc(NC(=O)c2ccccc2NC(=O)c2ccncc2)cc1. The summed E-state index contributed by atoms with van der Waals surface area (Å²) in [5.74, 6) is -0.576. The second-order valence-electron chi connectivity index (χ2n) is 5.56. The number of nitrogens with one attached hydrogen (secondary N) is 2. The van der Waals surface area contributed by atoms with E-state index in [1.54, 1.807) is 48.8 Å². The minimum atomic E-state index is -0.294. The van der Waals surface area contributed by atoms with Crippen molar-refractivity contribution < 1.29 is 9.59 Å². The van der Waals surface area contributed by atoms with E-state index in [0.717, 1.165) is 5.56 Å². The molecule has 2 aromatic carbocycles. The van der Waals surface area contributed by atoms with Crippen molar-refractivity contribution in [2.45, 2.75) is 6.92 Å². The number of rotatable bonds is 4. The number of benzene rings is 2. The summed E-state index contributed by atoms with van der Waals surface area (Å²) in [5, 5.41) is 5.61. The lowest BCUT2D eigenvalue weighted by Gasteiger charge is -2.11. The fourth-order valence-electron chi connectivity index (χ4n) is 2.32. The van der Waals surface area contributed by atoms with Gasteiger partial charge in [0.05, 0.1) is 11.3 Å². The van der Waals surface area contributed by atoms with E-state index in [9.17, 15) is 9.59 Å². The Balaban J connectivity index is 1.79. The quantitative estimate of drug-likeness (QED) is 0.762. The van der Waals surface area contributed by atoms with E-state index in [2.05, 4.69) is 15.6 Å². The molecule has 0 radical (unpaired) electrons. The van der Waals surface area contributed by atoms with Crippen LogP contribution < -0.4 is 10.6 Å². The summed E-state index contributed by atoms with van der Waals surface area (Å²) in [6, 6.07) is 17.6. The van der Waals surface area contributed by atoms with Crippen LogP contribution in [0.15, 0.2) is 73.1 Å². The highest BCUT2D eigenvalue weighted by Gasteiger charge is 2.14. The number of hydrogen-bond acceptors (Lipinski definition) is 3. The molecule has 3 rings (SSSR count). The maximum atomic E-state index is 12.6. The van der Waals surface area contributed by atoms with Gasteiger partial charge in [0, 0.05) is 23.6 Å². The van der Waals surface area contributed by atoms with Crippen molar-refractivity contribution in [1.29, 1.82) is 0 Å². The Hall–Kier alpha value is -3.47. The predicted molar refractivity (Wildman–Crippen MR) is 97.8 cm³/mol. The second kappa shape index (κ2) is 7.40. The van der Waals surface area contributed by atoms with Gasteiger partial charge >= 0.3 is 0 Å². The van der Waals surface area contributed by atoms with E-state index in [4.69, 9.17) is 0 Å². The fourth-order valence-corrected chi connectivity index (χ4v) is 2.32. The van der Waals surface area contributed by atoms with Crippen molar-refractivity contribution >= 4 is 23.2 Å². The number of nitrogens with zero attached hydrogens (tertiary/aromatic N) is 1. The molecule has 0 atom stereocenters. The number of aryl methyl sites for hydroxylation is 1. The average molecular weight is 331 g/mol. The molecule has 124 valence electrons. The van der Waals surface area contributed by atoms with E-state index < -0.39 is 0 Å². The molecule has 1 aromatic heterocycles. The van der Waals surface area contributed by atoms with E-state index in [0.29, 0.717) is 22.5 Å². The number of carbonyl (C=O) groups excluding carboxylic acids is 2. The number of pyridine rings is 1. The van der Waals surface area contributed by atoms with Gasteiger partial charge in [0.15, 0.2) is 0 Å². The lowest BCUT2D eigenvalue weighted by molar-refractivity contribution is 0.102. The van der Waals surface area contributed by atoms with Crippen molar-refractivity contribution in [2.24, 2.45) is 0 Å². The van der Waals surface area contributed by atoms with Crippen molar-refractivity contribution in [3.8, 4) is 0 Å². The van der Waals surface area contributed by atoms with Gasteiger partial charge in [-0.05, 0) is 43.3 Å². The topological polar surface area (TPSA) is 71.1 Å². The van der Waals surface area contributed by atoms with E-state index >= 15 is 0 Å². The maximum absolute atomic E-state index is 12.6. The Labute approximate surface area is 145 Å². The summed E-state index contributed by atoms with van der Waals surface area (Å²) >= 11 is 0. The van der Waals surface area contributed by atoms with E-state index in [-0.39, 0.29) is 11.8 Å². The lowest BCUT2D eigenvalue weighted by Crippen LogP contribution is -2.18. The molecule has 1 heterocycles. The van der Waals surface area contributed by atoms with Crippen LogP contribution in [0, 0.1) is 6.92 Å². The van der Waals surface area contributed by atoms with Crippen LogP contribution in [-0.2, 0) is 0 Å². The first-order valence-electron chi connectivity index (χ1n) is 7.82. The molecule has 0 saturated heterocycles. The molecule has 3 aromatic rings. The maximum Gasteiger partial charge on any atom is 0.257 e. The fraction of sp³-hybridized carbons (Fsp3) is 0.0500. The van der Waals surface area contributed by atoms with Crippen LogP contribution in [0.3, 0.4) is 0 Å². The van der Waals surface area contributed by atoms with Gasteiger partial charge in [-0.25, -0.2) is 0 Å². The van der Waals surface area contributed by atoms with Gasteiger partial charge < -0.3 is 10.6 Å². The Morgan fingerprint density at radius 2 is 1.48 bits per heavy atom. The van der Waals surface area contributed by atoms with Crippen LogP contribution in [-0.4, -0.2) is 16.8 Å². The second-order valence-corrected chi connectivity index (χ2v) is 5.56. The first kappa shape index (κ1) is 16.4. The van der Waals surface area contributed by atoms with Crippen LogP contribution >= 0.6 is 0 Å². The minimum Gasteiger partial charge on any atom is -0.322 e. The van der Waals surface area contributed by atoms with Crippen LogP contribution in [0.4, 0.5) is 11.4 Å². The third-order valence-electron chi connectivity index (χ3n) is 3.67. The van der Waals surface area contributed by atoms with Gasteiger partial charge in [0.2, 0.25) is 0 Å². The number of para-hydroxylation sites is 1. The van der Waals surface area contributed by atoms with Crippen molar-refractivity contribution in [3.05, 3.63) is 89.7 Å². The molecule has 5 nitrogen and oxygen atoms in total. The molecule has 2 N–H and O–H groups in total. The summed E-state index contributed by atoms with van der Waals surface area (Å²) in [6.07, 6.45) is 3.09. The zero-order valence-electron chi connectivity index (χ0n) is 13.7. The largest absolute Gasteiger partial charge is 0.322 e. The Morgan fingerprint density at radius 3 is 2.20 bits per heavy atom. The molecule has 0 spiro atoms. The van der Waals surface area contributed by atoms with Gasteiger partial charge in [-0.2, -0.15) is 0 Å². The average Bonchev–Trinajstić information content (AvgIpc) is 2.64. The Bertz CT molecular complexity index is 890. The van der Waals surface area contributed by atoms with Crippen LogP contribution in [0.5, 0.6) is 0 Å². The van der Waals surface area contributed by atoms with Gasteiger partial charge in [-0.1, -0.05) is 29.8 Å². The number of amides is 2. The molecule has 0 aliphatic rings. The monoisotopic (exact) mass is 331 g/mol. The zero-order valence-corrected chi connectivity index (χ0v) is 13.7. The summed E-state index contributed by atoms with van der Waals surface area (Å²) in [4.78, 5) is 28.8. The molecular formula is C20H17N3O2. The van der Waals surface area contributed by atoms with Gasteiger partial charge in [-0.3, -0.25) is 14.6 Å². The number of anilines is 2. The van der Waals surface area contributed by atoms with E-state index in [1.807, 2.05) is 31.2 Å².